The smallest absolute Gasteiger partial charge is 0.264 e. The van der Waals surface area contributed by atoms with E-state index >= 15 is 0 Å². The first-order valence-electron chi connectivity index (χ1n) is 5.91. The second-order valence-electron chi connectivity index (χ2n) is 3.98. The third-order valence-corrected chi connectivity index (χ3v) is 2.38. The zero-order chi connectivity index (χ0) is 13.7. The highest BCUT2D eigenvalue weighted by Crippen LogP contribution is 2.16. The van der Waals surface area contributed by atoms with Crippen LogP contribution in [0.5, 0.6) is 5.75 Å². The van der Waals surface area contributed by atoms with Gasteiger partial charge in [-0.3, -0.25) is 4.79 Å². The Bertz CT molecular complexity index is 569. The molecular formula is C13H13FN2O3. The quantitative estimate of drug-likeness (QED) is 0.750. The topological polar surface area (TPSA) is 65.2 Å². The maximum absolute atomic E-state index is 13.2. The van der Waals surface area contributed by atoms with Gasteiger partial charge in [-0.15, -0.1) is 0 Å². The Hall–Kier alpha value is -2.24. The van der Waals surface area contributed by atoms with Gasteiger partial charge >= 0.3 is 0 Å². The number of carbonyl (C=O) groups is 1. The molecule has 1 aromatic heterocycles. The zero-order valence-electron chi connectivity index (χ0n) is 10.4. The summed E-state index contributed by atoms with van der Waals surface area (Å²) < 4.78 is 23.4. The summed E-state index contributed by atoms with van der Waals surface area (Å²) in [6.07, 6.45) is 2.22. The van der Waals surface area contributed by atoms with Crippen LogP contribution in [0, 0.1) is 5.82 Å². The van der Waals surface area contributed by atoms with Crippen molar-refractivity contribution in [2.45, 2.75) is 26.4 Å². The Balaban J connectivity index is 2.01. The van der Waals surface area contributed by atoms with E-state index in [2.05, 4.69) is 10.1 Å². The van der Waals surface area contributed by atoms with E-state index < -0.39 is 5.82 Å². The summed E-state index contributed by atoms with van der Waals surface area (Å²) in [6, 6.07) is 3.77. The summed E-state index contributed by atoms with van der Waals surface area (Å²) in [5.41, 5.74) is 0.215. The first-order valence-corrected chi connectivity index (χ1v) is 5.91. The number of ether oxygens (including phenoxy) is 1. The largest absolute Gasteiger partial charge is 0.484 e. The molecule has 100 valence electrons. The number of nitrogens with zero attached hydrogens (tertiary/aromatic N) is 2. The third kappa shape index (κ3) is 3.61. The van der Waals surface area contributed by atoms with Crippen LogP contribution < -0.4 is 4.74 Å². The highest BCUT2D eigenvalue weighted by atomic mass is 19.1. The monoisotopic (exact) mass is 264 g/mol. The lowest BCUT2D eigenvalue weighted by atomic mass is 10.2. The summed E-state index contributed by atoms with van der Waals surface area (Å²) >= 11 is 0. The Labute approximate surface area is 109 Å². The van der Waals surface area contributed by atoms with E-state index in [1.807, 2.05) is 6.92 Å². The van der Waals surface area contributed by atoms with Gasteiger partial charge in [0.15, 0.2) is 12.4 Å². The molecule has 2 rings (SSSR count). The van der Waals surface area contributed by atoms with E-state index in [-0.39, 0.29) is 17.9 Å². The average molecular weight is 264 g/mol. The molecule has 0 fully saturated rings. The molecule has 1 aromatic carbocycles. The first kappa shape index (κ1) is 13.2. The van der Waals surface area contributed by atoms with Crippen molar-refractivity contribution in [3.63, 3.8) is 0 Å². The SMILES string of the molecule is CCCc1noc(COc2cc(F)cc(C=O)c2)n1. The summed E-state index contributed by atoms with van der Waals surface area (Å²) in [6.45, 7) is 2.05. The number of aryl methyl sites for hydroxylation is 1. The van der Waals surface area contributed by atoms with Crippen molar-refractivity contribution in [2.24, 2.45) is 0 Å². The highest BCUT2D eigenvalue weighted by Gasteiger charge is 2.07. The molecule has 0 saturated heterocycles. The van der Waals surface area contributed by atoms with E-state index in [1.165, 1.54) is 12.1 Å². The van der Waals surface area contributed by atoms with Gasteiger partial charge in [-0.05, 0) is 18.6 Å². The fourth-order valence-electron chi connectivity index (χ4n) is 1.55. The number of benzene rings is 1. The van der Waals surface area contributed by atoms with Gasteiger partial charge in [-0.2, -0.15) is 4.98 Å². The van der Waals surface area contributed by atoms with Crippen molar-refractivity contribution in [3.8, 4) is 5.75 Å². The third-order valence-electron chi connectivity index (χ3n) is 2.38. The van der Waals surface area contributed by atoms with Gasteiger partial charge in [-0.25, -0.2) is 4.39 Å². The van der Waals surface area contributed by atoms with Crippen LogP contribution in [0.25, 0.3) is 0 Å². The van der Waals surface area contributed by atoms with Crippen LogP contribution >= 0.6 is 0 Å². The first-order chi connectivity index (χ1) is 9.21. The minimum absolute atomic E-state index is 0.0401. The number of aromatic nitrogens is 2. The van der Waals surface area contributed by atoms with Crippen LogP contribution in [0.3, 0.4) is 0 Å². The van der Waals surface area contributed by atoms with Gasteiger partial charge in [0, 0.05) is 18.1 Å². The van der Waals surface area contributed by atoms with E-state index in [0.717, 1.165) is 18.9 Å². The number of aldehydes is 1. The predicted molar refractivity (Wildman–Crippen MR) is 64.4 cm³/mol. The fraction of sp³-hybridized carbons (Fsp3) is 0.308. The lowest BCUT2D eigenvalue weighted by Crippen LogP contribution is -1.97. The molecule has 0 radical (unpaired) electrons. The minimum atomic E-state index is -0.531. The molecule has 0 aliphatic rings. The number of hydrogen-bond acceptors (Lipinski definition) is 5. The molecule has 5 nitrogen and oxygen atoms in total. The molecule has 1 heterocycles. The normalized spacial score (nSPS) is 10.4. The van der Waals surface area contributed by atoms with E-state index in [4.69, 9.17) is 9.26 Å². The van der Waals surface area contributed by atoms with Crippen molar-refractivity contribution in [2.75, 3.05) is 0 Å². The molecular weight excluding hydrogens is 251 g/mol. The molecule has 0 spiro atoms. The predicted octanol–water partition coefficient (Wildman–Crippen LogP) is 2.55. The highest BCUT2D eigenvalue weighted by molar-refractivity contribution is 5.75. The fourth-order valence-corrected chi connectivity index (χ4v) is 1.55. The Morgan fingerprint density at radius 1 is 1.42 bits per heavy atom. The Morgan fingerprint density at radius 2 is 2.26 bits per heavy atom. The number of hydrogen-bond donors (Lipinski definition) is 0. The van der Waals surface area contributed by atoms with Crippen LogP contribution in [0.15, 0.2) is 22.7 Å². The molecule has 0 aliphatic heterocycles. The minimum Gasteiger partial charge on any atom is -0.484 e. The van der Waals surface area contributed by atoms with Crippen LogP contribution in [-0.4, -0.2) is 16.4 Å². The molecule has 0 bridgehead atoms. The molecule has 19 heavy (non-hydrogen) atoms. The van der Waals surface area contributed by atoms with Crippen molar-refractivity contribution in [3.05, 3.63) is 41.3 Å². The average Bonchev–Trinajstić information content (AvgIpc) is 2.84. The van der Waals surface area contributed by atoms with E-state index in [0.29, 0.717) is 18.0 Å². The molecule has 0 atom stereocenters. The van der Waals surface area contributed by atoms with E-state index in [1.54, 1.807) is 0 Å². The van der Waals surface area contributed by atoms with Crippen LogP contribution in [-0.2, 0) is 13.0 Å². The number of rotatable bonds is 6. The Kier molecular flexibility index (Phi) is 4.22. The van der Waals surface area contributed by atoms with Gasteiger partial charge in [0.1, 0.15) is 17.9 Å². The molecule has 6 heteroatoms. The Morgan fingerprint density at radius 3 is 3.00 bits per heavy atom. The van der Waals surface area contributed by atoms with Crippen LogP contribution in [0.4, 0.5) is 4.39 Å². The summed E-state index contributed by atoms with van der Waals surface area (Å²) in [5.74, 6) is 0.656. The molecule has 0 N–H and O–H groups in total. The summed E-state index contributed by atoms with van der Waals surface area (Å²) in [5, 5.41) is 3.77. The molecule has 0 unspecified atom stereocenters. The maximum atomic E-state index is 13.2. The second-order valence-corrected chi connectivity index (χ2v) is 3.98. The lowest BCUT2D eigenvalue weighted by molar-refractivity contribution is 0.112. The molecule has 0 amide bonds. The van der Waals surface area contributed by atoms with Gasteiger partial charge < -0.3 is 9.26 Å². The lowest BCUT2D eigenvalue weighted by Gasteiger charge is -2.03. The van der Waals surface area contributed by atoms with E-state index in [9.17, 15) is 9.18 Å². The molecule has 0 aliphatic carbocycles. The number of halogens is 1. The van der Waals surface area contributed by atoms with Crippen molar-refractivity contribution >= 4 is 6.29 Å². The van der Waals surface area contributed by atoms with Crippen LogP contribution in [0.1, 0.15) is 35.4 Å². The van der Waals surface area contributed by atoms with Crippen LogP contribution in [0.2, 0.25) is 0 Å². The van der Waals surface area contributed by atoms with Gasteiger partial charge in [0.2, 0.25) is 0 Å². The summed E-state index contributed by atoms with van der Waals surface area (Å²) in [7, 11) is 0. The standard InChI is InChI=1S/C13H13FN2O3/c1-2-3-12-15-13(19-16-12)8-18-11-5-9(7-17)4-10(14)6-11/h4-7H,2-3,8H2,1H3. The maximum Gasteiger partial charge on any atom is 0.264 e. The second kappa shape index (κ2) is 6.08. The van der Waals surface area contributed by atoms with Crippen molar-refractivity contribution in [1.82, 2.24) is 10.1 Å². The number of carbonyl (C=O) groups excluding carboxylic acids is 1. The van der Waals surface area contributed by atoms with Crippen molar-refractivity contribution < 1.29 is 18.4 Å². The summed E-state index contributed by atoms with van der Waals surface area (Å²) in [4.78, 5) is 14.7. The zero-order valence-corrected chi connectivity index (χ0v) is 10.4. The molecule has 2 aromatic rings. The van der Waals surface area contributed by atoms with Gasteiger partial charge in [0.05, 0.1) is 0 Å². The van der Waals surface area contributed by atoms with Gasteiger partial charge in [-0.1, -0.05) is 12.1 Å². The van der Waals surface area contributed by atoms with Crippen molar-refractivity contribution in [1.29, 1.82) is 0 Å². The molecule has 0 saturated carbocycles. The van der Waals surface area contributed by atoms with Gasteiger partial charge in [0.25, 0.3) is 5.89 Å².